The Balaban J connectivity index is 1.57. The lowest BCUT2D eigenvalue weighted by molar-refractivity contribution is -0.126. The van der Waals surface area contributed by atoms with E-state index >= 15 is 0 Å². The van der Waals surface area contributed by atoms with Gasteiger partial charge in [-0.3, -0.25) is 4.79 Å². The Morgan fingerprint density at radius 3 is 2.52 bits per heavy atom. The average Bonchev–Trinajstić information content (AvgIpc) is 2.70. The molecular formula is C20H31N3O3S. The van der Waals surface area contributed by atoms with Gasteiger partial charge in [0.2, 0.25) is 15.9 Å². The minimum atomic E-state index is -3.48. The van der Waals surface area contributed by atoms with Crippen LogP contribution in [0.5, 0.6) is 0 Å². The Morgan fingerprint density at radius 1 is 1.11 bits per heavy atom. The van der Waals surface area contributed by atoms with E-state index in [4.69, 9.17) is 0 Å². The maximum absolute atomic E-state index is 13.0. The number of nitrogens with one attached hydrogen (secondary N) is 2. The van der Waals surface area contributed by atoms with Gasteiger partial charge in [-0.1, -0.05) is 13.0 Å². The third kappa shape index (κ3) is 4.89. The van der Waals surface area contributed by atoms with Gasteiger partial charge in [-0.25, -0.2) is 8.42 Å². The number of nitrogens with zero attached hydrogens (tertiary/aromatic N) is 1. The molecule has 1 saturated heterocycles. The van der Waals surface area contributed by atoms with Gasteiger partial charge in [0, 0.05) is 32.1 Å². The van der Waals surface area contributed by atoms with Gasteiger partial charge in [0.15, 0.2) is 0 Å². The van der Waals surface area contributed by atoms with Gasteiger partial charge >= 0.3 is 0 Å². The number of benzene rings is 1. The SMILES string of the molecule is CCNCCNC(=O)C1CCN(S(=O)(=O)c2ccc3c(c2)CCCC3)CC1. The molecule has 1 aromatic carbocycles. The van der Waals surface area contributed by atoms with E-state index in [-0.39, 0.29) is 11.8 Å². The number of likely N-dealkylation sites (N-methyl/N-ethyl adjacent to an activating group) is 1. The smallest absolute Gasteiger partial charge is 0.243 e. The summed E-state index contributed by atoms with van der Waals surface area (Å²) in [5.41, 5.74) is 2.46. The van der Waals surface area contributed by atoms with Crippen LogP contribution in [-0.2, 0) is 27.7 Å². The molecule has 1 heterocycles. The summed E-state index contributed by atoms with van der Waals surface area (Å²) >= 11 is 0. The molecule has 7 heteroatoms. The number of hydrogen-bond donors (Lipinski definition) is 2. The molecule has 150 valence electrons. The maximum Gasteiger partial charge on any atom is 0.243 e. The lowest BCUT2D eigenvalue weighted by Gasteiger charge is -2.31. The van der Waals surface area contributed by atoms with E-state index in [1.165, 1.54) is 17.5 Å². The lowest BCUT2D eigenvalue weighted by atomic mass is 9.92. The summed E-state index contributed by atoms with van der Waals surface area (Å²) in [6, 6.07) is 5.59. The lowest BCUT2D eigenvalue weighted by Crippen LogP contribution is -2.44. The summed E-state index contributed by atoms with van der Waals surface area (Å²) in [5.74, 6) is -0.0552. The predicted octanol–water partition coefficient (Wildman–Crippen LogP) is 1.69. The van der Waals surface area contributed by atoms with Crippen LogP contribution in [0.4, 0.5) is 0 Å². The van der Waals surface area contributed by atoms with Crippen LogP contribution in [-0.4, -0.2) is 51.4 Å². The van der Waals surface area contributed by atoms with Crippen LogP contribution in [0.15, 0.2) is 23.1 Å². The highest BCUT2D eigenvalue weighted by Gasteiger charge is 2.32. The number of rotatable bonds is 7. The van der Waals surface area contributed by atoms with Crippen LogP contribution in [0, 0.1) is 5.92 Å². The van der Waals surface area contributed by atoms with Gasteiger partial charge in [0.1, 0.15) is 0 Å². The van der Waals surface area contributed by atoms with Gasteiger partial charge in [-0.15, -0.1) is 0 Å². The first-order valence-electron chi connectivity index (χ1n) is 10.1. The first-order chi connectivity index (χ1) is 13.0. The van der Waals surface area contributed by atoms with Crippen molar-refractivity contribution in [3.8, 4) is 0 Å². The molecule has 6 nitrogen and oxygen atoms in total. The van der Waals surface area contributed by atoms with Crippen molar-refractivity contribution in [2.24, 2.45) is 5.92 Å². The van der Waals surface area contributed by atoms with Crippen LogP contribution in [0.1, 0.15) is 43.7 Å². The second-order valence-electron chi connectivity index (χ2n) is 7.46. The normalized spacial score (nSPS) is 18.9. The van der Waals surface area contributed by atoms with Gasteiger partial charge < -0.3 is 10.6 Å². The van der Waals surface area contributed by atoms with E-state index in [1.54, 1.807) is 10.4 Å². The van der Waals surface area contributed by atoms with Crippen LogP contribution in [0.3, 0.4) is 0 Å². The highest BCUT2D eigenvalue weighted by atomic mass is 32.2. The Hall–Kier alpha value is -1.44. The predicted molar refractivity (Wildman–Crippen MR) is 106 cm³/mol. The van der Waals surface area contributed by atoms with E-state index in [2.05, 4.69) is 10.6 Å². The van der Waals surface area contributed by atoms with Crippen molar-refractivity contribution in [1.82, 2.24) is 14.9 Å². The van der Waals surface area contributed by atoms with E-state index in [0.29, 0.717) is 37.4 Å². The largest absolute Gasteiger partial charge is 0.355 e. The van der Waals surface area contributed by atoms with Crippen molar-refractivity contribution in [2.45, 2.75) is 50.3 Å². The van der Waals surface area contributed by atoms with Crippen LogP contribution < -0.4 is 10.6 Å². The van der Waals surface area contributed by atoms with E-state index in [9.17, 15) is 13.2 Å². The fourth-order valence-electron chi connectivity index (χ4n) is 3.97. The Bertz CT molecular complexity index is 756. The van der Waals surface area contributed by atoms with Gasteiger partial charge in [-0.05, 0) is 68.3 Å². The van der Waals surface area contributed by atoms with Gasteiger partial charge in [0.25, 0.3) is 0 Å². The fourth-order valence-corrected chi connectivity index (χ4v) is 5.49. The van der Waals surface area contributed by atoms with E-state index in [0.717, 1.165) is 32.4 Å². The number of hydrogen-bond acceptors (Lipinski definition) is 4. The molecule has 2 N–H and O–H groups in total. The van der Waals surface area contributed by atoms with Crippen LogP contribution >= 0.6 is 0 Å². The maximum atomic E-state index is 13.0. The summed E-state index contributed by atoms with van der Waals surface area (Å²) in [4.78, 5) is 12.6. The zero-order chi connectivity index (χ0) is 19.3. The number of fused-ring (bicyclic) bond motifs is 1. The van der Waals surface area contributed by atoms with Crippen LogP contribution in [0.25, 0.3) is 0 Å². The summed E-state index contributed by atoms with van der Waals surface area (Å²) in [5, 5.41) is 6.11. The van der Waals surface area contributed by atoms with Crippen molar-refractivity contribution in [1.29, 1.82) is 0 Å². The molecule has 1 aliphatic carbocycles. The molecule has 27 heavy (non-hydrogen) atoms. The third-order valence-electron chi connectivity index (χ3n) is 5.63. The Labute approximate surface area is 162 Å². The van der Waals surface area contributed by atoms with Crippen molar-refractivity contribution < 1.29 is 13.2 Å². The standard InChI is InChI=1S/C20H31N3O3S/c1-2-21-11-12-22-20(24)17-9-13-23(14-10-17)27(25,26)19-8-7-16-5-3-4-6-18(16)15-19/h7-8,15,17,21H,2-6,9-14H2,1H3,(H,22,24). The minimum Gasteiger partial charge on any atom is -0.355 e. The molecule has 0 unspecified atom stereocenters. The molecule has 1 aromatic rings. The number of sulfonamides is 1. The molecular weight excluding hydrogens is 362 g/mol. The molecule has 0 saturated carbocycles. The summed E-state index contributed by atoms with van der Waals surface area (Å²) in [6.45, 7) is 5.10. The Morgan fingerprint density at radius 2 is 1.81 bits per heavy atom. The fraction of sp³-hybridized carbons (Fsp3) is 0.650. The summed E-state index contributed by atoms with van der Waals surface area (Å²) in [7, 11) is -3.48. The molecule has 0 radical (unpaired) electrons. The average molecular weight is 394 g/mol. The monoisotopic (exact) mass is 393 g/mol. The zero-order valence-electron chi connectivity index (χ0n) is 16.2. The van der Waals surface area contributed by atoms with Crippen molar-refractivity contribution in [3.63, 3.8) is 0 Å². The third-order valence-corrected chi connectivity index (χ3v) is 7.53. The van der Waals surface area contributed by atoms with Crippen LogP contribution in [0.2, 0.25) is 0 Å². The summed E-state index contributed by atoms with van der Waals surface area (Å²) in [6.07, 6.45) is 5.49. The van der Waals surface area contributed by atoms with Crippen molar-refractivity contribution in [3.05, 3.63) is 29.3 Å². The first-order valence-corrected chi connectivity index (χ1v) is 11.6. The van der Waals surface area contributed by atoms with Gasteiger partial charge in [0.05, 0.1) is 4.90 Å². The highest BCUT2D eigenvalue weighted by molar-refractivity contribution is 7.89. The number of piperidine rings is 1. The second-order valence-corrected chi connectivity index (χ2v) is 9.40. The molecule has 0 aromatic heterocycles. The first kappa shape index (κ1) is 20.3. The molecule has 3 rings (SSSR count). The molecule has 0 bridgehead atoms. The highest BCUT2D eigenvalue weighted by Crippen LogP contribution is 2.28. The number of aryl methyl sites for hydroxylation is 2. The molecule has 1 aliphatic heterocycles. The number of carbonyl (C=O) groups is 1. The van der Waals surface area contributed by atoms with E-state index < -0.39 is 10.0 Å². The quantitative estimate of drug-likeness (QED) is 0.691. The van der Waals surface area contributed by atoms with Gasteiger partial charge in [-0.2, -0.15) is 4.31 Å². The number of amides is 1. The summed E-state index contributed by atoms with van der Waals surface area (Å²) < 4.78 is 27.6. The van der Waals surface area contributed by atoms with E-state index in [1.807, 2.05) is 19.1 Å². The zero-order valence-corrected chi connectivity index (χ0v) is 17.0. The topological polar surface area (TPSA) is 78.5 Å². The molecule has 1 fully saturated rings. The number of carbonyl (C=O) groups excluding carboxylic acids is 1. The molecule has 2 aliphatic rings. The minimum absolute atomic E-state index is 0.0405. The van der Waals surface area contributed by atoms with Crippen molar-refractivity contribution >= 4 is 15.9 Å². The molecule has 1 amide bonds. The molecule has 0 atom stereocenters. The molecule has 0 spiro atoms. The Kier molecular flexibility index (Phi) is 6.89. The van der Waals surface area contributed by atoms with Crippen molar-refractivity contribution in [2.75, 3.05) is 32.7 Å². The second kappa shape index (κ2) is 9.17.